The smallest absolute Gasteiger partial charge is 1.00 e. The number of carbonyl (C=O) groups excluding carboxylic acids is 5. The zero-order valence-corrected chi connectivity index (χ0v) is 35.4. The van der Waals surface area contributed by atoms with Crippen LogP contribution in [-0.4, -0.2) is 87.2 Å². The number of nitrogens with one attached hydrogen (secondary N) is 3. The molecule has 278 valence electrons. The Kier molecular flexibility index (Phi) is 19.4. The summed E-state index contributed by atoms with van der Waals surface area (Å²) in [6.45, 7) is 3.59. The second-order valence-corrected chi connectivity index (χ2v) is 12.4. The van der Waals surface area contributed by atoms with Crippen LogP contribution in [0.3, 0.4) is 0 Å². The van der Waals surface area contributed by atoms with Crippen LogP contribution in [0.25, 0.3) is 22.3 Å². The molecule has 0 bridgehead atoms. The summed E-state index contributed by atoms with van der Waals surface area (Å²) in [4.78, 5) is 57.4. The van der Waals surface area contributed by atoms with Gasteiger partial charge in [0.2, 0.25) is 11.8 Å². The maximum absolute atomic E-state index is 12.2. The van der Waals surface area contributed by atoms with Crippen molar-refractivity contribution in [3.8, 4) is 22.3 Å². The molecule has 2 fully saturated rings. The molecule has 0 unspecified atom stereocenters. The third kappa shape index (κ3) is 12.4. The molecule has 0 atom stereocenters. The average molecular weight is 789 g/mol. The summed E-state index contributed by atoms with van der Waals surface area (Å²) >= 11 is 5.25. The van der Waals surface area contributed by atoms with Crippen molar-refractivity contribution in [3.63, 3.8) is 0 Å². The first-order chi connectivity index (χ1) is 25.8. The Balaban J connectivity index is 0.000000298. The van der Waals surface area contributed by atoms with Crippen LogP contribution in [0.15, 0.2) is 97.1 Å². The summed E-state index contributed by atoms with van der Waals surface area (Å²) in [6.07, 6.45) is -0.424. The molecule has 2 saturated heterocycles. The zero-order valence-electron chi connectivity index (χ0n) is 31.6. The van der Waals surface area contributed by atoms with Crippen molar-refractivity contribution >= 4 is 41.4 Å². The number of rotatable bonds is 5. The van der Waals surface area contributed by atoms with Crippen LogP contribution in [0.4, 0.5) is 9.59 Å². The number of carbonyl (C=O) groups is 5. The molecule has 0 spiro atoms. The van der Waals surface area contributed by atoms with Gasteiger partial charge in [-0.05, 0) is 44.5 Å². The molecule has 0 saturated carbocycles. The van der Waals surface area contributed by atoms with Crippen molar-refractivity contribution in [1.82, 2.24) is 20.9 Å². The Morgan fingerprint density at radius 2 is 1.13 bits per heavy atom. The van der Waals surface area contributed by atoms with Gasteiger partial charge in [0.15, 0.2) is 0 Å². The van der Waals surface area contributed by atoms with Gasteiger partial charge < -0.3 is 37.0 Å². The summed E-state index contributed by atoms with van der Waals surface area (Å²) in [6, 6.07) is 32.8. The third-order valence-corrected chi connectivity index (χ3v) is 9.02. The summed E-state index contributed by atoms with van der Waals surface area (Å²) < 4.78 is 10.5. The van der Waals surface area contributed by atoms with Gasteiger partial charge >= 0.3 is 70.6 Å². The van der Waals surface area contributed by atoms with Crippen LogP contribution in [0, 0.1) is 0 Å². The van der Waals surface area contributed by atoms with E-state index in [-0.39, 0.29) is 110 Å². The van der Waals surface area contributed by atoms with Crippen LogP contribution in [0.1, 0.15) is 35.5 Å². The zero-order chi connectivity index (χ0) is 37.6. The van der Waals surface area contributed by atoms with E-state index in [2.05, 4.69) is 69.4 Å². The fraction of sp³-hybridized carbons (Fsp3) is 0.256. The number of halogens is 1. The maximum atomic E-state index is 12.2. The quantitative estimate of drug-likeness (QED) is 0.0663. The molecule has 2 aliphatic heterocycles. The number of hydrogen-bond acceptors (Lipinski definition) is 10. The van der Waals surface area contributed by atoms with E-state index in [4.69, 9.17) is 31.1 Å². The first-order valence-corrected chi connectivity index (χ1v) is 17.3. The normalized spacial score (nSPS) is 14.5. The van der Waals surface area contributed by atoms with Gasteiger partial charge in [-0.1, -0.05) is 97.1 Å². The van der Waals surface area contributed by atoms with E-state index in [1.54, 1.807) is 0 Å². The van der Waals surface area contributed by atoms with Crippen molar-refractivity contribution in [2.75, 3.05) is 52.5 Å². The minimum atomic E-state index is -0.753. The molecule has 0 aromatic heterocycles. The van der Waals surface area contributed by atoms with E-state index < -0.39 is 11.5 Å². The first kappa shape index (κ1) is 45.6. The molecular weight excluding hydrogens is 750 g/mol. The maximum Gasteiger partial charge on any atom is 1.00 e. The van der Waals surface area contributed by atoms with E-state index in [1.165, 1.54) is 49.4 Å². The number of nitrogens with zero attached hydrogens (tertiary/aromatic N) is 1. The molecular formula is C39H39ClN4Na2O9. The molecule has 2 heterocycles. The summed E-state index contributed by atoms with van der Waals surface area (Å²) in [5, 5.41) is 16.7. The molecule has 55 heavy (non-hydrogen) atoms. The molecule has 3 N–H and O–H groups in total. The number of ether oxygens (including phenoxy) is 2. The number of piperazine rings is 2. The summed E-state index contributed by atoms with van der Waals surface area (Å²) in [7, 11) is 0. The van der Waals surface area contributed by atoms with Crippen molar-refractivity contribution in [2.24, 2.45) is 0 Å². The number of amides is 3. The Bertz CT molecular complexity index is 1840. The fourth-order valence-electron chi connectivity index (χ4n) is 6.62. The topological polar surface area (TPSA) is 175 Å². The Labute approximate surface area is 369 Å². The Hall–Kier alpha value is -3.76. The molecule has 2 aliphatic carbocycles. The average Bonchev–Trinajstić information content (AvgIpc) is 3.69. The van der Waals surface area contributed by atoms with Gasteiger partial charge in [-0.25, -0.2) is 9.59 Å². The predicted molar refractivity (Wildman–Crippen MR) is 195 cm³/mol. The number of fused-ring (bicyclic) bond motifs is 6. The second kappa shape index (κ2) is 23.3. The molecule has 4 aromatic carbocycles. The monoisotopic (exact) mass is 788 g/mol. The number of hydrogen-bond donors (Lipinski definition) is 3. The van der Waals surface area contributed by atoms with Gasteiger partial charge in [-0.15, -0.1) is 0 Å². The summed E-state index contributed by atoms with van der Waals surface area (Å²) in [5.74, 6) is 0.0843. The van der Waals surface area contributed by atoms with Crippen LogP contribution in [0.2, 0.25) is 0 Å². The van der Waals surface area contributed by atoms with Gasteiger partial charge in [0.05, 0.1) is 6.54 Å². The van der Waals surface area contributed by atoms with E-state index in [0.717, 1.165) is 13.1 Å². The standard InChI is InChI=1S/C19H18N2O3.C15H11ClO2.C4H8N2O.CH2O3.2Na.H/c22-18-11-21(10-9-20-18)19(23)24-12-17-15-7-3-1-5-13(15)14-6-2-4-8-16(14)17;16-15(17)18-9-14-12-7-3-1-5-10(12)11-6-2-4-8-13(11)14;7-4-3-5-1-2-6-4;2-1-4-3;;;/h1-8,17H,9-12H2,(H,20,22);1-8,14H,9H2;5H,1-3H2,(H,6,7);1,3H;;;/q;;;;2*+1;-1/p-1. The molecule has 0 radical (unpaired) electrons. The predicted octanol–water partition coefficient (Wildman–Crippen LogP) is -2.20. The summed E-state index contributed by atoms with van der Waals surface area (Å²) in [5.41, 5.74) is 8.82. The van der Waals surface area contributed by atoms with Gasteiger partial charge in [0.25, 0.3) is 6.47 Å². The number of benzene rings is 4. The molecule has 3 amide bonds. The first-order valence-electron chi connectivity index (χ1n) is 16.9. The van der Waals surface area contributed by atoms with E-state index in [9.17, 15) is 19.2 Å². The SMILES string of the molecule is O=C(Cl)OCC1c2ccccc2-c2ccccc21.O=C1CN(C(=O)OCC2c3ccccc3-c3ccccc32)CCN1.O=C1CNCCN1.O=CO[O-].[H-].[Na+].[Na+]. The van der Waals surface area contributed by atoms with Crippen molar-refractivity contribution in [2.45, 2.75) is 11.8 Å². The third-order valence-electron chi connectivity index (χ3n) is 8.91. The molecule has 13 nitrogen and oxygen atoms in total. The fourth-order valence-corrected chi connectivity index (χ4v) is 6.69. The van der Waals surface area contributed by atoms with Crippen LogP contribution in [-0.2, 0) is 28.7 Å². The van der Waals surface area contributed by atoms with Crippen LogP contribution < -0.4 is 80.3 Å². The van der Waals surface area contributed by atoms with Crippen LogP contribution >= 0.6 is 11.6 Å². The van der Waals surface area contributed by atoms with Gasteiger partial charge in [0, 0.05) is 49.6 Å². The molecule has 4 aliphatic rings. The molecule has 8 rings (SSSR count). The van der Waals surface area contributed by atoms with E-state index >= 15 is 0 Å². The minimum absolute atomic E-state index is 0. The molecule has 4 aromatic rings. The largest absolute Gasteiger partial charge is 1.00 e. The van der Waals surface area contributed by atoms with E-state index in [1.807, 2.05) is 48.5 Å². The second-order valence-electron chi connectivity index (χ2n) is 12.1. The van der Waals surface area contributed by atoms with Crippen molar-refractivity contribution < 1.29 is 104 Å². The van der Waals surface area contributed by atoms with Crippen molar-refractivity contribution in [3.05, 3.63) is 119 Å². The van der Waals surface area contributed by atoms with Gasteiger partial charge in [0.1, 0.15) is 19.8 Å². The van der Waals surface area contributed by atoms with E-state index in [0.29, 0.717) is 19.6 Å². The Morgan fingerprint density at radius 3 is 1.47 bits per heavy atom. The van der Waals surface area contributed by atoms with Crippen LogP contribution in [0.5, 0.6) is 0 Å². The van der Waals surface area contributed by atoms with Gasteiger partial charge in [-0.2, -0.15) is 0 Å². The van der Waals surface area contributed by atoms with Crippen molar-refractivity contribution in [1.29, 1.82) is 0 Å². The molecule has 16 heteroatoms. The van der Waals surface area contributed by atoms with Gasteiger partial charge in [-0.3, -0.25) is 19.3 Å². The Morgan fingerprint density at radius 1 is 0.709 bits per heavy atom. The minimum Gasteiger partial charge on any atom is -1.00 e.